The molecule has 2 rings (SSSR count). The Bertz CT molecular complexity index is 482. The summed E-state index contributed by atoms with van der Waals surface area (Å²) >= 11 is 0. The highest BCUT2D eigenvalue weighted by Gasteiger charge is 2.49. The molecule has 2 unspecified atom stereocenters. The highest BCUT2D eigenvalue weighted by Crippen LogP contribution is 2.40. The van der Waals surface area contributed by atoms with Gasteiger partial charge in [0, 0.05) is 0 Å². The second-order valence-corrected chi connectivity index (χ2v) is 7.60. The second-order valence-electron chi connectivity index (χ2n) is 5.37. The average molecular weight is 275 g/mol. The Morgan fingerprint density at radius 3 is 2.28 bits per heavy atom. The van der Waals surface area contributed by atoms with Crippen molar-refractivity contribution in [3.63, 3.8) is 0 Å². The molecule has 2 fully saturated rings. The Morgan fingerprint density at radius 1 is 1.28 bits per heavy atom. The van der Waals surface area contributed by atoms with Gasteiger partial charge in [0.15, 0.2) is 9.84 Å². The van der Waals surface area contributed by atoms with Crippen LogP contribution in [0.25, 0.3) is 0 Å². The van der Waals surface area contributed by atoms with Crippen LogP contribution in [0, 0.1) is 11.8 Å². The standard InChI is InChI=1S/C11H17NO5S/c1-11(10(14)15,8-2-3-8)12-9(13)7-4-5-18(16,17)6-7/h7-8H,2-6H2,1H3,(H,12,13)(H,14,15). The molecule has 0 aromatic heterocycles. The highest BCUT2D eigenvalue weighted by atomic mass is 32.2. The van der Waals surface area contributed by atoms with E-state index >= 15 is 0 Å². The highest BCUT2D eigenvalue weighted by molar-refractivity contribution is 7.91. The number of aliphatic carboxylic acids is 1. The van der Waals surface area contributed by atoms with Gasteiger partial charge in [-0.25, -0.2) is 13.2 Å². The Hall–Kier alpha value is -1.11. The average Bonchev–Trinajstić information content (AvgIpc) is 3.03. The van der Waals surface area contributed by atoms with Gasteiger partial charge < -0.3 is 10.4 Å². The summed E-state index contributed by atoms with van der Waals surface area (Å²) in [6.45, 7) is 1.49. The van der Waals surface area contributed by atoms with Crippen molar-refractivity contribution in [3.8, 4) is 0 Å². The van der Waals surface area contributed by atoms with Crippen molar-refractivity contribution in [2.45, 2.75) is 31.7 Å². The molecule has 0 bridgehead atoms. The molecular weight excluding hydrogens is 258 g/mol. The molecule has 0 radical (unpaired) electrons. The summed E-state index contributed by atoms with van der Waals surface area (Å²) in [5.74, 6) is -2.31. The molecule has 7 heteroatoms. The van der Waals surface area contributed by atoms with Crippen LogP contribution >= 0.6 is 0 Å². The molecule has 1 heterocycles. The minimum absolute atomic E-state index is 0.0122. The van der Waals surface area contributed by atoms with Gasteiger partial charge in [-0.3, -0.25) is 4.79 Å². The van der Waals surface area contributed by atoms with Crippen LogP contribution in [0.5, 0.6) is 0 Å². The first kappa shape index (κ1) is 13.3. The van der Waals surface area contributed by atoms with Crippen LogP contribution in [-0.2, 0) is 19.4 Å². The third-order valence-corrected chi connectivity index (χ3v) is 5.59. The van der Waals surface area contributed by atoms with Crippen LogP contribution < -0.4 is 5.32 Å². The first-order valence-electron chi connectivity index (χ1n) is 6.00. The van der Waals surface area contributed by atoms with Crippen LogP contribution in [0.4, 0.5) is 0 Å². The zero-order chi connectivity index (χ0) is 13.6. The molecule has 102 valence electrons. The molecular formula is C11H17NO5S. The van der Waals surface area contributed by atoms with Crippen molar-refractivity contribution in [2.24, 2.45) is 11.8 Å². The van der Waals surface area contributed by atoms with Crippen LogP contribution in [0.15, 0.2) is 0 Å². The van der Waals surface area contributed by atoms with E-state index in [9.17, 15) is 23.1 Å². The number of rotatable bonds is 4. The molecule has 1 aliphatic heterocycles. The number of nitrogens with one attached hydrogen (secondary N) is 1. The molecule has 0 aromatic rings. The smallest absolute Gasteiger partial charge is 0.329 e. The molecule has 0 aromatic carbocycles. The maximum absolute atomic E-state index is 11.9. The van der Waals surface area contributed by atoms with Gasteiger partial charge in [-0.1, -0.05) is 0 Å². The van der Waals surface area contributed by atoms with E-state index in [0.29, 0.717) is 0 Å². The van der Waals surface area contributed by atoms with Crippen LogP contribution in [0.1, 0.15) is 26.2 Å². The molecule has 2 atom stereocenters. The quantitative estimate of drug-likeness (QED) is 0.739. The molecule has 2 N–H and O–H groups in total. The lowest BCUT2D eigenvalue weighted by atomic mass is 9.94. The van der Waals surface area contributed by atoms with E-state index in [2.05, 4.69) is 5.32 Å². The summed E-state index contributed by atoms with van der Waals surface area (Å²) in [5, 5.41) is 11.7. The van der Waals surface area contributed by atoms with Gasteiger partial charge in [-0.2, -0.15) is 0 Å². The SMILES string of the molecule is CC(NC(=O)C1CCS(=O)(=O)C1)(C(=O)O)C1CC1. The lowest BCUT2D eigenvalue weighted by Crippen LogP contribution is -2.55. The van der Waals surface area contributed by atoms with Gasteiger partial charge >= 0.3 is 5.97 Å². The summed E-state index contributed by atoms with van der Waals surface area (Å²) in [6.07, 6.45) is 1.85. The van der Waals surface area contributed by atoms with Crippen LogP contribution in [0.3, 0.4) is 0 Å². The van der Waals surface area contributed by atoms with Gasteiger partial charge in [0.2, 0.25) is 5.91 Å². The molecule has 6 nitrogen and oxygen atoms in total. The van der Waals surface area contributed by atoms with Crippen molar-refractivity contribution in [2.75, 3.05) is 11.5 Å². The molecule has 1 saturated carbocycles. The van der Waals surface area contributed by atoms with E-state index in [4.69, 9.17) is 0 Å². The maximum Gasteiger partial charge on any atom is 0.329 e. The van der Waals surface area contributed by atoms with Gasteiger partial charge in [-0.15, -0.1) is 0 Å². The zero-order valence-electron chi connectivity index (χ0n) is 10.2. The fraction of sp³-hybridized carbons (Fsp3) is 0.818. The number of sulfone groups is 1. The predicted octanol–water partition coefficient (Wildman–Crippen LogP) is -0.209. The Morgan fingerprint density at radius 2 is 1.89 bits per heavy atom. The number of carbonyl (C=O) groups excluding carboxylic acids is 1. The molecule has 1 amide bonds. The van der Waals surface area contributed by atoms with Gasteiger partial charge in [0.1, 0.15) is 5.54 Å². The Balaban J connectivity index is 2.04. The van der Waals surface area contributed by atoms with E-state index < -0.39 is 33.2 Å². The summed E-state index contributed by atoms with van der Waals surface area (Å²) in [7, 11) is -3.13. The number of hydrogen-bond donors (Lipinski definition) is 2. The van der Waals surface area contributed by atoms with E-state index in [1.807, 2.05) is 0 Å². The van der Waals surface area contributed by atoms with Crippen molar-refractivity contribution >= 4 is 21.7 Å². The second kappa shape index (κ2) is 4.22. The fourth-order valence-electron chi connectivity index (χ4n) is 2.35. The van der Waals surface area contributed by atoms with Crippen molar-refractivity contribution < 1.29 is 23.1 Å². The van der Waals surface area contributed by atoms with E-state index in [-0.39, 0.29) is 23.8 Å². The van der Waals surface area contributed by atoms with E-state index in [0.717, 1.165) is 12.8 Å². The minimum Gasteiger partial charge on any atom is -0.480 e. The summed E-state index contributed by atoms with van der Waals surface area (Å²) in [6, 6.07) is 0. The number of hydrogen-bond acceptors (Lipinski definition) is 4. The molecule has 0 spiro atoms. The maximum atomic E-state index is 11.9. The normalized spacial score (nSPS) is 29.5. The summed E-state index contributed by atoms with van der Waals surface area (Å²) in [5.41, 5.74) is -1.26. The Labute approximate surface area is 106 Å². The molecule has 18 heavy (non-hydrogen) atoms. The Kier molecular flexibility index (Phi) is 3.12. The first-order valence-corrected chi connectivity index (χ1v) is 7.82. The number of amides is 1. The third kappa shape index (κ3) is 2.50. The summed E-state index contributed by atoms with van der Waals surface area (Å²) < 4.78 is 22.6. The zero-order valence-corrected chi connectivity index (χ0v) is 11.0. The van der Waals surface area contributed by atoms with Gasteiger partial charge in [0.05, 0.1) is 17.4 Å². The largest absolute Gasteiger partial charge is 0.480 e. The number of carboxylic acids is 1. The van der Waals surface area contributed by atoms with Crippen molar-refractivity contribution in [1.29, 1.82) is 0 Å². The van der Waals surface area contributed by atoms with E-state index in [1.165, 1.54) is 6.92 Å². The van der Waals surface area contributed by atoms with Crippen LogP contribution in [0.2, 0.25) is 0 Å². The van der Waals surface area contributed by atoms with Gasteiger partial charge in [-0.05, 0) is 32.1 Å². The topological polar surface area (TPSA) is 101 Å². The monoisotopic (exact) mass is 275 g/mol. The molecule has 2 aliphatic rings. The predicted molar refractivity (Wildman–Crippen MR) is 63.7 cm³/mol. The third-order valence-electron chi connectivity index (χ3n) is 3.82. The summed E-state index contributed by atoms with van der Waals surface area (Å²) in [4.78, 5) is 23.2. The van der Waals surface area contributed by atoms with E-state index in [1.54, 1.807) is 0 Å². The number of carboxylic acid groups (broad SMARTS) is 1. The molecule has 1 aliphatic carbocycles. The fourth-order valence-corrected chi connectivity index (χ4v) is 4.09. The molecule has 1 saturated heterocycles. The minimum atomic E-state index is -3.13. The first-order chi connectivity index (χ1) is 8.24. The lowest BCUT2D eigenvalue weighted by molar-refractivity contribution is -0.148. The number of carbonyl (C=O) groups is 2. The van der Waals surface area contributed by atoms with Crippen molar-refractivity contribution in [3.05, 3.63) is 0 Å². The van der Waals surface area contributed by atoms with Gasteiger partial charge in [0.25, 0.3) is 0 Å². The van der Waals surface area contributed by atoms with Crippen molar-refractivity contribution in [1.82, 2.24) is 5.32 Å². The lowest BCUT2D eigenvalue weighted by Gasteiger charge is -2.27. The van der Waals surface area contributed by atoms with Crippen LogP contribution in [-0.4, -0.2) is 42.4 Å².